The van der Waals surface area contributed by atoms with Crippen LogP contribution in [0.25, 0.3) is 5.82 Å². The van der Waals surface area contributed by atoms with E-state index in [9.17, 15) is 18.3 Å². The zero-order valence-corrected chi connectivity index (χ0v) is 15.9. The van der Waals surface area contributed by atoms with Crippen molar-refractivity contribution in [1.82, 2.24) is 29.9 Å². The van der Waals surface area contributed by atoms with Crippen molar-refractivity contribution in [2.75, 3.05) is 6.54 Å². The van der Waals surface area contributed by atoms with E-state index >= 15 is 0 Å². The van der Waals surface area contributed by atoms with Gasteiger partial charge in [0.15, 0.2) is 5.82 Å². The Kier molecular flexibility index (Phi) is 5.01. The van der Waals surface area contributed by atoms with Crippen LogP contribution in [0.15, 0.2) is 36.8 Å². The van der Waals surface area contributed by atoms with Crippen LogP contribution in [0.5, 0.6) is 0 Å². The molecule has 3 aromatic rings. The van der Waals surface area contributed by atoms with Crippen molar-refractivity contribution in [2.45, 2.75) is 31.8 Å². The molecule has 29 heavy (non-hydrogen) atoms. The third kappa shape index (κ3) is 3.47. The molecule has 1 N–H and O–H groups in total. The van der Waals surface area contributed by atoms with Crippen molar-refractivity contribution in [2.24, 2.45) is 0 Å². The fourth-order valence-electron chi connectivity index (χ4n) is 3.52. The molecule has 3 heterocycles. The summed E-state index contributed by atoms with van der Waals surface area (Å²) in [5.74, 6) is 0.517. The first kappa shape index (κ1) is 19.7. The molecule has 1 aliphatic rings. The number of halogens is 4. The number of fused-ring (bicyclic) bond motifs is 1. The first-order valence-electron chi connectivity index (χ1n) is 8.79. The third-order valence-electron chi connectivity index (χ3n) is 4.99. The number of rotatable bonds is 3. The summed E-state index contributed by atoms with van der Waals surface area (Å²) in [6.45, 7) is 2.17. The lowest BCUT2D eigenvalue weighted by atomic mass is 10.0. The highest BCUT2D eigenvalue weighted by atomic mass is 35.5. The molecule has 0 radical (unpaired) electrons. The van der Waals surface area contributed by atoms with E-state index in [-0.39, 0.29) is 5.56 Å². The van der Waals surface area contributed by atoms with Crippen LogP contribution in [0.4, 0.5) is 13.2 Å². The molecule has 1 unspecified atom stereocenters. The fourth-order valence-corrected chi connectivity index (χ4v) is 3.85. The van der Waals surface area contributed by atoms with Crippen LogP contribution < -0.4 is 0 Å². The van der Waals surface area contributed by atoms with Crippen LogP contribution >= 0.6 is 11.6 Å². The Bertz CT molecular complexity index is 1030. The summed E-state index contributed by atoms with van der Waals surface area (Å²) < 4.78 is 41.1. The van der Waals surface area contributed by atoms with Crippen LogP contribution in [0.1, 0.15) is 41.7 Å². The second-order valence-electron chi connectivity index (χ2n) is 6.64. The van der Waals surface area contributed by atoms with Gasteiger partial charge in [-0.05, 0) is 13.0 Å². The highest BCUT2D eigenvalue weighted by Gasteiger charge is 2.38. The lowest BCUT2D eigenvalue weighted by molar-refractivity contribution is -0.137. The minimum atomic E-state index is -4.60. The van der Waals surface area contributed by atoms with E-state index < -0.39 is 29.0 Å². The lowest BCUT2D eigenvalue weighted by Gasteiger charge is -2.36. The smallest absolute Gasteiger partial charge is 0.374 e. The normalized spacial score (nSPS) is 18.5. The Morgan fingerprint density at radius 1 is 1.28 bits per heavy atom. The van der Waals surface area contributed by atoms with Crippen molar-refractivity contribution in [3.8, 4) is 5.82 Å². The summed E-state index contributed by atoms with van der Waals surface area (Å²) in [4.78, 5) is 9.87. The topological polar surface area (TPSA) is 80.0 Å². The third-order valence-corrected chi connectivity index (χ3v) is 5.41. The van der Waals surface area contributed by atoms with Crippen molar-refractivity contribution >= 4 is 11.6 Å². The maximum absolute atomic E-state index is 13.2. The predicted molar refractivity (Wildman–Crippen MR) is 97.2 cm³/mol. The molecule has 1 aromatic carbocycles. The molecule has 0 saturated heterocycles. The van der Waals surface area contributed by atoms with Gasteiger partial charge in [-0.15, -0.1) is 5.10 Å². The number of alkyl halides is 3. The molecule has 0 aliphatic carbocycles. The van der Waals surface area contributed by atoms with Crippen LogP contribution in [0, 0.1) is 0 Å². The van der Waals surface area contributed by atoms with E-state index in [0.717, 1.165) is 11.8 Å². The van der Waals surface area contributed by atoms with Gasteiger partial charge < -0.3 is 5.11 Å². The van der Waals surface area contributed by atoms with Gasteiger partial charge in [-0.25, -0.2) is 4.98 Å². The van der Waals surface area contributed by atoms with Crippen LogP contribution in [-0.2, 0) is 12.6 Å². The van der Waals surface area contributed by atoms with Gasteiger partial charge in [-0.1, -0.05) is 28.9 Å². The van der Waals surface area contributed by atoms with E-state index in [4.69, 9.17) is 11.6 Å². The number of aliphatic hydroxyl groups excluding tert-OH is 1. The predicted octanol–water partition coefficient (Wildman–Crippen LogP) is 3.34. The molecule has 2 atom stereocenters. The second-order valence-corrected chi connectivity index (χ2v) is 7.02. The fraction of sp³-hybridized carbons (Fsp3) is 0.333. The molecule has 2 aromatic heterocycles. The van der Waals surface area contributed by atoms with Gasteiger partial charge in [0.05, 0.1) is 28.5 Å². The Morgan fingerprint density at radius 2 is 2.07 bits per heavy atom. The molecule has 0 fully saturated rings. The summed E-state index contributed by atoms with van der Waals surface area (Å²) in [7, 11) is 0. The number of benzene rings is 1. The first-order valence-corrected chi connectivity index (χ1v) is 9.17. The Morgan fingerprint density at radius 3 is 2.76 bits per heavy atom. The molecule has 152 valence electrons. The first-order chi connectivity index (χ1) is 13.8. The van der Waals surface area contributed by atoms with E-state index in [0.29, 0.717) is 24.5 Å². The van der Waals surface area contributed by atoms with Crippen molar-refractivity contribution in [3.05, 3.63) is 64.3 Å². The van der Waals surface area contributed by atoms with Gasteiger partial charge in [-0.2, -0.15) is 17.9 Å². The average Bonchev–Trinajstić information content (AvgIpc) is 3.13. The standard InChI is InChI=1S/C18H16ClF3N6O/c1-10-16-13(28(26-25-16)14-9-23-6-7-24-14)5-8-27(10)17(29)11-3-2-4-12(15(11)19)18(20,21)22/h2-4,6-7,9-10,17,29H,5,8H2,1H3/t10-,17?/m0/s1. The Labute approximate surface area is 168 Å². The lowest BCUT2D eigenvalue weighted by Crippen LogP contribution is -2.38. The van der Waals surface area contributed by atoms with Gasteiger partial charge in [0, 0.05) is 30.9 Å². The maximum atomic E-state index is 13.2. The Hall–Kier alpha value is -2.56. The van der Waals surface area contributed by atoms with Gasteiger partial charge in [0.25, 0.3) is 0 Å². The summed E-state index contributed by atoms with van der Waals surface area (Å²) in [6.07, 6.45) is -0.810. The number of hydrogen-bond donors (Lipinski definition) is 1. The summed E-state index contributed by atoms with van der Waals surface area (Å²) in [6, 6.07) is 3.12. The van der Waals surface area contributed by atoms with Gasteiger partial charge in [-0.3, -0.25) is 9.88 Å². The summed E-state index contributed by atoms with van der Waals surface area (Å²) in [5.41, 5.74) is 0.452. The monoisotopic (exact) mass is 424 g/mol. The zero-order valence-electron chi connectivity index (χ0n) is 15.2. The van der Waals surface area contributed by atoms with Gasteiger partial charge in [0.2, 0.25) is 0 Å². The van der Waals surface area contributed by atoms with Crippen molar-refractivity contribution < 1.29 is 18.3 Å². The number of aliphatic hydroxyl groups is 1. The molecule has 11 heteroatoms. The average molecular weight is 425 g/mol. The van der Waals surface area contributed by atoms with Gasteiger partial charge in [0.1, 0.15) is 11.9 Å². The van der Waals surface area contributed by atoms with Gasteiger partial charge >= 0.3 is 6.18 Å². The van der Waals surface area contributed by atoms with E-state index in [1.54, 1.807) is 35.1 Å². The van der Waals surface area contributed by atoms with Crippen molar-refractivity contribution in [3.63, 3.8) is 0 Å². The quantitative estimate of drug-likeness (QED) is 0.694. The molecule has 0 spiro atoms. The molecule has 1 aliphatic heterocycles. The van der Waals surface area contributed by atoms with Crippen LogP contribution in [0.3, 0.4) is 0 Å². The number of hydrogen-bond acceptors (Lipinski definition) is 6. The van der Waals surface area contributed by atoms with Crippen LogP contribution in [0.2, 0.25) is 5.02 Å². The zero-order chi connectivity index (χ0) is 20.8. The number of nitrogens with zero attached hydrogens (tertiary/aromatic N) is 6. The SMILES string of the molecule is C[C@H]1c2nnn(-c3cnccn3)c2CCN1C(O)c1cccc(C(F)(F)F)c1Cl. The van der Waals surface area contributed by atoms with Crippen LogP contribution in [-0.4, -0.2) is 41.5 Å². The number of aromatic nitrogens is 5. The van der Waals surface area contributed by atoms with Crippen molar-refractivity contribution in [1.29, 1.82) is 0 Å². The maximum Gasteiger partial charge on any atom is 0.417 e. The molecule has 0 bridgehead atoms. The molecule has 4 rings (SSSR count). The molecule has 0 saturated carbocycles. The second kappa shape index (κ2) is 7.36. The summed E-state index contributed by atoms with van der Waals surface area (Å²) >= 11 is 5.99. The molecular weight excluding hydrogens is 409 g/mol. The minimum Gasteiger partial charge on any atom is -0.374 e. The highest BCUT2D eigenvalue weighted by Crippen LogP contribution is 2.41. The van der Waals surface area contributed by atoms with E-state index in [1.165, 1.54) is 12.1 Å². The minimum absolute atomic E-state index is 0.00175. The van der Waals surface area contributed by atoms with E-state index in [1.807, 2.05) is 0 Å². The molecular formula is C18H16ClF3N6O. The summed E-state index contributed by atoms with van der Waals surface area (Å²) in [5, 5.41) is 18.7. The highest BCUT2D eigenvalue weighted by molar-refractivity contribution is 6.32. The molecule has 0 amide bonds. The van der Waals surface area contributed by atoms with E-state index in [2.05, 4.69) is 20.3 Å². The Balaban J connectivity index is 1.65. The molecule has 7 nitrogen and oxygen atoms in total. The largest absolute Gasteiger partial charge is 0.417 e.